The number of nitrogens with zero attached hydrogens (tertiary/aromatic N) is 1. The number of hydrogen-bond donors (Lipinski definition) is 0. The van der Waals surface area contributed by atoms with E-state index in [1.807, 2.05) is 11.3 Å². The van der Waals surface area contributed by atoms with Crippen LogP contribution in [0.2, 0.25) is 0 Å². The van der Waals surface area contributed by atoms with Gasteiger partial charge < -0.3 is 12.6 Å². The molecule has 0 saturated heterocycles. The molecule has 0 amide bonds. The van der Waals surface area contributed by atoms with Crippen molar-refractivity contribution < 1.29 is 25.6 Å². The van der Waals surface area contributed by atoms with Crippen LogP contribution in [0, 0.1) is 6.92 Å². The first-order valence-corrected chi connectivity index (χ1v) is 6.68. The summed E-state index contributed by atoms with van der Waals surface area (Å²) in [6.45, 7) is 3.30. The molecular formula is C12H15NS2W. The minimum atomic E-state index is 0. The van der Waals surface area contributed by atoms with Gasteiger partial charge in [-0.15, -0.1) is 0 Å². The number of aryl methyl sites for hydroxylation is 2. The second-order valence-corrected chi connectivity index (χ2v) is 5.29. The third-order valence-corrected chi connectivity index (χ3v) is 3.94. The molecule has 1 nitrogen and oxygen atoms in total. The molecule has 0 N–H and O–H groups in total. The fraction of sp³-hybridized carbons (Fsp3) is 0.417. The van der Waals surface area contributed by atoms with E-state index >= 15 is 0 Å². The number of benzene rings is 1. The van der Waals surface area contributed by atoms with E-state index in [-0.39, 0.29) is 21.1 Å². The van der Waals surface area contributed by atoms with Crippen LogP contribution in [0.1, 0.15) is 17.8 Å². The molecule has 1 heterocycles. The summed E-state index contributed by atoms with van der Waals surface area (Å²) < 4.78 is 3.79. The molecule has 16 heavy (non-hydrogen) atoms. The van der Waals surface area contributed by atoms with Crippen LogP contribution in [-0.4, -0.2) is 5.75 Å². The second-order valence-electron chi connectivity index (χ2n) is 3.65. The molecule has 0 saturated carbocycles. The first kappa shape index (κ1) is 14.2. The van der Waals surface area contributed by atoms with Crippen LogP contribution in [0.3, 0.4) is 0 Å². The van der Waals surface area contributed by atoms with Gasteiger partial charge in [-0.2, -0.15) is 10.3 Å². The van der Waals surface area contributed by atoms with Gasteiger partial charge in [0.1, 0.15) is 11.2 Å². The van der Waals surface area contributed by atoms with Crippen molar-refractivity contribution in [1.29, 1.82) is 0 Å². The maximum absolute atomic E-state index is 4.97. The van der Waals surface area contributed by atoms with Crippen molar-refractivity contribution in [3.63, 3.8) is 0 Å². The fourth-order valence-corrected chi connectivity index (χ4v) is 3.05. The molecule has 0 bridgehead atoms. The molecule has 1 aromatic carbocycles. The SMILES string of the molecule is Cc1sc2ccccc2[n+]1CCCC[S-].[W]. The molecule has 0 fully saturated rings. The van der Waals surface area contributed by atoms with Crippen molar-refractivity contribution in [2.75, 3.05) is 5.75 Å². The summed E-state index contributed by atoms with van der Waals surface area (Å²) in [7, 11) is 0. The van der Waals surface area contributed by atoms with Crippen molar-refractivity contribution in [2.45, 2.75) is 26.3 Å². The van der Waals surface area contributed by atoms with Gasteiger partial charge in [-0.25, -0.2) is 0 Å². The van der Waals surface area contributed by atoms with Gasteiger partial charge in [0.25, 0.3) is 0 Å². The predicted octanol–water partition coefficient (Wildman–Crippen LogP) is 2.82. The molecule has 1 aromatic heterocycles. The van der Waals surface area contributed by atoms with Gasteiger partial charge in [0.05, 0.1) is 0 Å². The maximum Gasteiger partial charge on any atom is 0.235 e. The Balaban J connectivity index is 0.00000128. The van der Waals surface area contributed by atoms with E-state index in [2.05, 4.69) is 35.8 Å². The molecule has 0 atom stereocenters. The van der Waals surface area contributed by atoms with E-state index < -0.39 is 0 Å². The maximum atomic E-state index is 4.97. The molecule has 0 aliphatic rings. The molecule has 2 rings (SSSR count). The summed E-state index contributed by atoms with van der Waals surface area (Å²) in [5, 5.41) is 1.39. The summed E-state index contributed by atoms with van der Waals surface area (Å²) in [5.74, 6) is 0.877. The van der Waals surface area contributed by atoms with Crippen LogP contribution in [-0.2, 0) is 40.2 Å². The van der Waals surface area contributed by atoms with Crippen molar-refractivity contribution in [3.05, 3.63) is 29.3 Å². The molecule has 2 aromatic rings. The Bertz CT molecular complexity index is 453. The Hall–Kier alpha value is 0.148. The molecule has 86 valence electrons. The molecule has 4 heteroatoms. The quantitative estimate of drug-likeness (QED) is 0.417. The molecule has 0 aliphatic heterocycles. The van der Waals surface area contributed by atoms with E-state index in [4.69, 9.17) is 12.6 Å². The first-order valence-electron chi connectivity index (χ1n) is 5.29. The summed E-state index contributed by atoms with van der Waals surface area (Å²) in [6, 6.07) is 8.60. The van der Waals surface area contributed by atoms with E-state index in [9.17, 15) is 0 Å². The van der Waals surface area contributed by atoms with E-state index in [0.717, 1.165) is 18.7 Å². The zero-order valence-corrected chi connectivity index (χ0v) is 13.9. The monoisotopic (exact) mass is 421 g/mol. The van der Waals surface area contributed by atoms with Crippen LogP contribution in [0.25, 0.3) is 10.2 Å². The van der Waals surface area contributed by atoms with Gasteiger partial charge in [0.15, 0.2) is 0 Å². The van der Waals surface area contributed by atoms with Crippen LogP contribution in [0.5, 0.6) is 0 Å². The third kappa shape index (κ3) is 3.09. The van der Waals surface area contributed by atoms with Gasteiger partial charge in [0, 0.05) is 40.5 Å². The molecular weight excluding hydrogens is 406 g/mol. The average Bonchev–Trinajstić information content (AvgIpc) is 2.56. The van der Waals surface area contributed by atoms with Gasteiger partial charge in [-0.05, 0) is 6.07 Å². The molecule has 0 unspecified atom stereocenters. The van der Waals surface area contributed by atoms with Gasteiger partial charge in [0.2, 0.25) is 10.5 Å². The van der Waals surface area contributed by atoms with E-state index in [0.29, 0.717) is 0 Å². The zero-order valence-electron chi connectivity index (χ0n) is 9.31. The van der Waals surface area contributed by atoms with E-state index in [1.165, 1.54) is 21.6 Å². The van der Waals surface area contributed by atoms with Crippen LogP contribution in [0.4, 0.5) is 0 Å². The average molecular weight is 421 g/mol. The van der Waals surface area contributed by atoms with Crippen LogP contribution >= 0.6 is 11.3 Å². The van der Waals surface area contributed by atoms with Gasteiger partial charge in [-0.1, -0.05) is 29.9 Å². The number of rotatable bonds is 4. The smallest absolute Gasteiger partial charge is 0.235 e. The summed E-state index contributed by atoms with van der Waals surface area (Å²) in [6.07, 6.45) is 2.34. The summed E-state index contributed by atoms with van der Waals surface area (Å²) in [5.41, 5.74) is 1.37. The zero-order chi connectivity index (χ0) is 10.7. The normalized spacial score (nSPS) is 10.4. The summed E-state index contributed by atoms with van der Waals surface area (Å²) >= 11 is 6.84. The predicted molar refractivity (Wildman–Crippen MR) is 68.2 cm³/mol. The Morgan fingerprint density at radius 2 is 2.00 bits per heavy atom. The van der Waals surface area contributed by atoms with Crippen molar-refractivity contribution in [2.24, 2.45) is 0 Å². The van der Waals surface area contributed by atoms with Crippen molar-refractivity contribution in [3.8, 4) is 0 Å². The second kappa shape index (κ2) is 6.78. The number of hydrogen-bond acceptors (Lipinski definition) is 2. The first-order chi connectivity index (χ1) is 7.33. The Kier molecular flexibility index (Phi) is 6.02. The number of fused-ring (bicyclic) bond motifs is 1. The summed E-state index contributed by atoms with van der Waals surface area (Å²) in [4.78, 5) is 0. The number of unbranched alkanes of at least 4 members (excludes halogenated alkanes) is 1. The topological polar surface area (TPSA) is 3.88 Å². The standard InChI is InChI=1S/C12H15NS2.W/c1-10-13(8-4-5-9-14)11-6-2-3-7-12(11)15-10;/h2-3,6-7H,4-5,8-9H2,1H3;. The number of para-hydroxylation sites is 1. The molecule has 0 spiro atoms. The number of thiazole rings is 1. The van der Waals surface area contributed by atoms with Crippen LogP contribution < -0.4 is 4.57 Å². The third-order valence-electron chi connectivity index (χ3n) is 2.57. The minimum Gasteiger partial charge on any atom is -0.793 e. The molecule has 0 radical (unpaired) electrons. The minimum absolute atomic E-state index is 0. The Morgan fingerprint density at radius 3 is 2.75 bits per heavy atom. The molecule has 0 aliphatic carbocycles. The van der Waals surface area contributed by atoms with Gasteiger partial charge in [-0.3, -0.25) is 0 Å². The van der Waals surface area contributed by atoms with E-state index in [1.54, 1.807) is 0 Å². The Morgan fingerprint density at radius 1 is 1.25 bits per heavy atom. The van der Waals surface area contributed by atoms with Crippen LogP contribution in [0.15, 0.2) is 24.3 Å². The van der Waals surface area contributed by atoms with Gasteiger partial charge >= 0.3 is 0 Å². The van der Waals surface area contributed by atoms with Crippen molar-refractivity contribution in [1.82, 2.24) is 0 Å². The fourth-order valence-electron chi connectivity index (χ4n) is 1.80. The van der Waals surface area contributed by atoms with Crippen molar-refractivity contribution >= 4 is 34.2 Å². The number of aromatic nitrogens is 1. The largest absolute Gasteiger partial charge is 0.793 e. The Labute approximate surface area is 121 Å².